The van der Waals surface area contributed by atoms with E-state index in [9.17, 15) is 40.7 Å². The van der Waals surface area contributed by atoms with E-state index in [1.54, 1.807) is 24.3 Å². The topological polar surface area (TPSA) is 79.0 Å². The van der Waals surface area contributed by atoms with Gasteiger partial charge in [-0.05, 0) is 48.2 Å². The highest BCUT2D eigenvalue weighted by molar-refractivity contribution is 5.84. The molecule has 13 heteroatoms. The van der Waals surface area contributed by atoms with Crippen molar-refractivity contribution in [3.8, 4) is 0 Å². The third-order valence-electron chi connectivity index (χ3n) is 7.26. The van der Waals surface area contributed by atoms with Crippen LogP contribution in [-0.4, -0.2) is 53.9 Å². The Labute approximate surface area is 255 Å². The summed E-state index contributed by atoms with van der Waals surface area (Å²) in [6.45, 7) is 0.605. The van der Waals surface area contributed by atoms with Gasteiger partial charge in [-0.15, -0.1) is 0 Å². The third kappa shape index (κ3) is 9.47. The maximum absolute atomic E-state index is 13.4. The Morgan fingerprint density at radius 1 is 0.867 bits per heavy atom. The van der Waals surface area contributed by atoms with E-state index in [0.29, 0.717) is 12.1 Å². The Morgan fingerprint density at radius 2 is 1.49 bits per heavy atom. The number of carbonyl (C=O) groups excluding carboxylic acids is 3. The van der Waals surface area contributed by atoms with Gasteiger partial charge in [-0.2, -0.15) is 26.3 Å². The van der Waals surface area contributed by atoms with Crippen molar-refractivity contribution < 1.29 is 45.5 Å². The lowest BCUT2D eigenvalue weighted by molar-refractivity contribution is -0.143. The number of nitrogens with one attached hydrogen (secondary N) is 1. The predicted molar refractivity (Wildman–Crippen MR) is 151 cm³/mol. The minimum atomic E-state index is -5.08. The van der Waals surface area contributed by atoms with Crippen LogP contribution in [-0.2, 0) is 46.3 Å². The predicted octanol–water partition coefficient (Wildman–Crippen LogP) is 5.99. The van der Waals surface area contributed by atoms with Crippen LogP contribution in [0.3, 0.4) is 0 Å². The van der Waals surface area contributed by atoms with Crippen LogP contribution < -0.4 is 5.32 Å². The first-order valence-electron chi connectivity index (χ1n) is 14.0. The lowest BCUT2D eigenvalue weighted by atomic mass is 9.97. The Morgan fingerprint density at radius 3 is 2.09 bits per heavy atom. The number of amides is 3. The zero-order chi connectivity index (χ0) is 32.8. The summed E-state index contributed by atoms with van der Waals surface area (Å²) in [5.41, 5.74) is -1.07. The summed E-state index contributed by atoms with van der Waals surface area (Å²) in [6.07, 6.45) is -11.1. The van der Waals surface area contributed by atoms with Crippen LogP contribution in [0.5, 0.6) is 0 Å². The number of nitrogens with zero attached hydrogens (tertiary/aromatic N) is 2. The van der Waals surface area contributed by atoms with Gasteiger partial charge in [-0.3, -0.25) is 14.5 Å². The fourth-order valence-electron chi connectivity index (χ4n) is 4.87. The second kappa shape index (κ2) is 14.0. The molecule has 3 aromatic rings. The highest BCUT2D eigenvalue weighted by Crippen LogP contribution is 2.36. The molecule has 3 aromatic carbocycles. The van der Waals surface area contributed by atoms with Crippen LogP contribution in [0.2, 0.25) is 0 Å². The Hall–Kier alpha value is -4.55. The zero-order valence-corrected chi connectivity index (χ0v) is 24.3. The molecule has 1 aliphatic heterocycles. The zero-order valence-electron chi connectivity index (χ0n) is 24.3. The van der Waals surface area contributed by atoms with Gasteiger partial charge in [0.2, 0.25) is 11.8 Å². The van der Waals surface area contributed by atoms with Gasteiger partial charge in [0.15, 0.2) is 0 Å². The summed E-state index contributed by atoms with van der Waals surface area (Å²) in [5, 5.41) is 2.80. The van der Waals surface area contributed by atoms with Gasteiger partial charge < -0.3 is 15.0 Å². The number of halogens is 6. The first-order valence-corrected chi connectivity index (χ1v) is 14.0. The first-order chi connectivity index (χ1) is 21.2. The summed E-state index contributed by atoms with van der Waals surface area (Å²) in [4.78, 5) is 42.4. The molecule has 3 amide bonds. The minimum absolute atomic E-state index is 0.0234. The summed E-state index contributed by atoms with van der Waals surface area (Å²) >= 11 is 0. The molecule has 1 unspecified atom stereocenters. The van der Waals surface area contributed by atoms with Gasteiger partial charge in [0.1, 0.15) is 13.2 Å². The lowest BCUT2D eigenvalue weighted by Crippen LogP contribution is -2.51. The SMILES string of the molecule is Cc1ccc(CC2CN(C(=O)OCc3cc(C(F)(F)F)cc(C(F)(F)F)c3)CC(=O)N(Cc3ccccc3)CCNC2=O)cc1. The monoisotopic (exact) mass is 635 g/mol. The average Bonchev–Trinajstić information content (AvgIpc) is 2.98. The molecule has 1 aliphatic rings. The van der Waals surface area contributed by atoms with E-state index in [0.717, 1.165) is 21.6 Å². The van der Waals surface area contributed by atoms with Crippen LogP contribution in [0.1, 0.15) is 33.4 Å². The Kier molecular flexibility index (Phi) is 10.4. The van der Waals surface area contributed by atoms with E-state index in [1.807, 2.05) is 37.3 Å². The number of benzene rings is 3. The van der Waals surface area contributed by atoms with Crippen molar-refractivity contribution in [2.45, 2.75) is 38.8 Å². The largest absolute Gasteiger partial charge is 0.445 e. The van der Waals surface area contributed by atoms with Gasteiger partial charge in [-0.25, -0.2) is 4.79 Å². The highest BCUT2D eigenvalue weighted by Gasteiger charge is 2.37. The number of hydrogen-bond donors (Lipinski definition) is 1. The fraction of sp³-hybridized carbons (Fsp3) is 0.344. The van der Waals surface area contributed by atoms with E-state index in [2.05, 4.69) is 5.32 Å². The number of rotatable bonds is 6. The molecule has 240 valence electrons. The number of alkyl halides is 6. The van der Waals surface area contributed by atoms with Gasteiger partial charge >= 0.3 is 18.4 Å². The van der Waals surface area contributed by atoms with Gasteiger partial charge in [0.05, 0.1) is 17.0 Å². The van der Waals surface area contributed by atoms with Crippen molar-refractivity contribution >= 4 is 17.9 Å². The lowest BCUT2D eigenvalue weighted by Gasteiger charge is -2.31. The van der Waals surface area contributed by atoms with E-state index in [4.69, 9.17) is 4.74 Å². The second-order valence-electron chi connectivity index (χ2n) is 10.8. The normalized spacial score (nSPS) is 16.7. The highest BCUT2D eigenvalue weighted by atomic mass is 19.4. The number of carbonyl (C=O) groups is 3. The molecule has 45 heavy (non-hydrogen) atoms. The molecule has 1 atom stereocenters. The van der Waals surface area contributed by atoms with E-state index < -0.39 is 66.0 Å². The summed E-state index contributed by atoms with van der Waals surface area (Å²) in [6, 6.07) is 17.3. The van der Waals surface area contributed by atoms with Crippen LogP contribution >= 0.6 is 0 Å². The molecule has 0 bridgehead atoms. The summed E-state index contributed by atoms with van der Waals surface area (Å²) < 4.78 is 85.2. The molecule has 0 aromatic heterocycles. The molecule has 1 heterocycles. The van der Waals surface area contributed by atoms with E-state index in [1.165, 1.54) is 4.90 Å². The molecular formula is C32H31F6N3O4. The summed E-state index contributed by atoms with van der Waals surface area (Å²) in [7, 11) is 0. The number of aryl methyl sites for hydroxylation is 1. The Balaban J connectivity index is 1.59. The van der Waals surface area contributed by atoms with Crippen LogP contribution in [0.25, 0.3) is 0 Å². The molecule has 1 saturated heterocycles. The smallest absolute Gasteiger partial charge is 0.416 e. The van der Waals surface area contributed by atoms with Crippen molar-refractivity contribution in [2.24, 2.45) is 5.92 Å². The molecule has 0 spiro atoms. The number of ether oxygens (including phenoxy) is 1. The molecule has 1 N–H and O–H groups in total. The number of hydrogen-bond acceptors (Lipinski definition) is 4. The minimum Gasteiger partial charge on any atom is -0.445 e. The van der Waals surface area contributed by atoms with Crippen LogP contribution in [0, 0.1) is 12.8 Å². The third-order valence-corrected chi connectivity index (χ3v) is 7.26. The second-order valence-corrected chi connectivity index (χ2v) is 10.8. The van der Waals surface area contributed by atoms with Crippen molar-refractivity contribution in [2.75, 3.05) is 26.2 Å². The van der Waals surface area contributed by atoms with Gasteiger partial charge in [0.25, 0.3) is 0 Å². The molecule has 1 fully saturated rings. The molecule has 0 radical (unpaired) electrons. The first kappa shape index (κ1) is 33.3. The van der Waals surface area contributed by atoms with Crippen molar-refractivity contribution in [3.63, 3.8) is 0 Å². The molecule has 7 nitrogen and oxygen atoms in total. The molecular weight excluding hydrogens is 604 g/mol. The van der Waals surface area contributed by atoms with E-state index in [-0.39, 0.29) is 38.7 Å². The fourth-order valence-corrected chi connectivity index (χ4v) is 4.87. The van der Waals surface area contributed by atoms with Gasteiger partial charge in [-0.1, -0.05) is 60.2 Å². The van der Waals surface area contributed by atoms with Crippen LogP contribution in [0.15, 0.2) is 72.8 Å². The standard InChI is InChI=1S/C32H31F6N3O4/c1-21-7-9-22(10-8-21)13-25-18-41(19-28(42)40(12-11-39-29(25)43)17-23-5-3-2-4-6-23)30(44)45-20-24-14-26(31(33,34)35)16-27(15-24)32(36,37)38/h2-10,14-16,25H,11-13,17-20H2,1H3,(H,39,43). The molecule has 4 rings (SSSR count). The molecule has 0 saturated carbocycles. The van der Waals surface area contributed by atoms with Crippen molar-refractivity contribution in [1.82, 2.24) is 15.1 Å². The maximum atomic E-state index is 13.4. The van der Waals surface area contributed by atoms with E-state index >= 15 is 0 Å². The van der Waals surface area contributed by atoms with Crippen molar-refractivity contribution in [3.05, 3.63) is 106 Å². The maximum Gasteiger partial charge on any atom is 0.416 e. The molecule has 0 aliphatic carbocycles. The average molecular weight is 636 g/mol. The van der Waals surface area contributed by atoms with Crippen molar-refractivity contribution in [1.29, 1.82) is 0 Å². The van der Waals surface area contributed by atoms with Crippen LogP contribution in [0.4, 0.5) is 31.1 Å². The van der Waals surface area contributed by atoms with Gasteiger partial charge in [0, 0.05) is 26.2 Å². The Bertz CT molecular complexity index is 1460. The summed E-state index contributed by atoms with van der Waals surface area (Å²) in [5.74, 6) is -1.71. The quantitative estimate of drug-likeness (QED) is 0.338.